The van der Waals surface area contributed by atoms with Crippen molar-refractivity contribution in [2.24, 2.45) is 0 Å². The zero-order valence-corrected chi connectivity index (χ0v) is 9.71. The normalized spacial score (nSPS) is 10.1. The van der Waals surface area contributed by atoms with E-state index in [0.717, 1.165) is 6.07 Å². The number of aldehydes is 1. The first-order chi connectivity index (χ1) is 7.19. The number of hydrogen-bond acceptors (Lipinski definition) is 3. The minimum Gasteiger partial charge on any atom is -0.466 e. The summed E-state index contributed by atoms with van der Waals surface area (Å²) in [4.78, 5) is 10.4. The molecule has 0 aliphatic rings. The molecule has 0 saturated carbocycles. The fourth-order valence-corrected chi connectivity index (χ4v) is 1.41. The number of halogens is 2. The van der Waals surface area contributed by atoms with Crippen LogP contribution < -0.4 is 4.74 Å². The third-order valence-corrected chi connectivity index (χ3v) is 2.30. The van der Waals surface area contributed by atoms with Crippen molar-refractivity contribution in [1.82, 2.24) is 0 Å². The van der Waals surface area contributed by atoms with Crippen LogP contribution in [0.15, 0.2) is 16.6 Å². The van der Waals surface area contributed by atoms with Gasteiger partial charge in [0, 0.05) is 12.7 Å². The molecule has 15 heavy (non-hydrogen) atoms. The van der Waals surface area contributed by atoms with Gasteiger partial charge in [-0.25, -0.2) is 4.39 Å². The highest BCUT2D eigenvalue weighted by atomic mass is 79.9. The van der Waals surface area contributed by atoms with Crippen LogP contribution in [0.25, 0.3) is 0 Å². The molecule has 82 valence electrons. The van der Waals surface area contributed by atoms with Crippen molar-refractivity contribution in [3.8, 4) is 5.75 Å². The van der Waals surface area contributed by atoms with Gasteiger partial charge in [0.15, 0.2) is 13.1 Å². The molecule has 3 nitrogen and oxygen atoms in total. The van der Waals surface area contributed by atoms with E-state index in [1.54, 1.807) is 0 Å². The molecule has 0 aliphatic carbocycles. The number of carbonyl (C=O) groups excluding carboxylic acids is 1. The van der Waals surface area contributed by atoms with Gasteiger partial charge < -0.3 is 9.47 Å². The minimum atomic E-state index is -0.611. The molecule has 5 heteroatoms. The summed E-state index contributed by atoms with van der Waals surface area (Å²) in [6.07, 6.45) is 0.451. The molecule has 0 atom stereocenters. The predicted octanol–water partition coefficient (Wildman–Crippen LogP) is 2.77. The molecule has 1 aromatic carbocycles. The van der Waals surface area contributed by atoms with Gasteiger partial charge in [-0.15, -0.1) is 0 Å². The van der Waals surface area contributed by atoms with Crippen molar-refractivity contribution in [2.45, 2.75) is 6.92 Å². The second-order valence-electron chi connectivity index (χ2n) is 2.68. The van der Waals surface area contributed by atoms with Gasteiger partial charge >= 0.3 is 0 Å². The van der Waals surface area contributed by atoms with Gasteiger partial charge in [-0.3, -0.25) is 4.79 Å². The smallest absolute Gasteiger partial charge is 0.189 e. The van der Waals surface area contributed by atoms with Crippen molar-refractivity contribution >= 4 is 22.2 Å². The molecular formula is C10H10BrFO3. The van der Waals surface area contributed by atoms with Gasteiger partial charge in [0.05, 0.1) is 10.0 Å². The van der Waals surface area contributed by atoms with Crippen LogP contribution in [0.3, 0.4) is 0 Å². The van der Waals surface area contributed by atoms with Crippen molar-refractivity contribution in [2.75, 3.05) is 13.4 Å². The fraction of sp³-hybridized carbons (Fsp3) is 0.300. The van der Waals surface area contributed by atoms with Crippen molar-refractivity contribution in [1.29, 1.82) is 0 Å². The zero-order chi connectivity index (χ0) is 11.3. The number of rotatable bonds is 5. The standard InChI is InChI=1S/C10H10BrFO3/c1-2-14-6-15-10-4-9(12)7(5-13)3-8(10)11/h3-5H,2,6H2,1H3. The highest BCUT2D eigenvalue weighted by molar-refractivity contribution is 9.10. The maximum atomic E-state index is 13.2. The van der Waals surface area contributed by atoms with E-state index in [2.05, 4.69) is 15.9 Å². The topological polar surface area (TPSA) is 35.5 Å². The molecular weight excluding hydrogens is 267 g/mol. The van der Waals surface area contributed by atoms with Gasteiger partial charge in [-0.2, -0.15) is 0 Å². The third-order valence-electron chi connectivity index (χ3n) is 1.68. The average molecular weight is 277 g/mol. The average Bonchev–Trinajstić information content (AvgIpc) is 2.23. The molecule has 1 rings (SSSR count). The van der Waals surface area contributed by atoms with Crippen LogP contribution in [-0.4, -0.2) is 19.7 Å². The Bertz CT molecular complexity index is 355. The molecule has 0 aliphatic heterocycles. The Morgan fingerprint density at radius 2 is 2.27 bits per heavy atom. The lowest BCUT2D eigenvalue weighted by atomic mass is 10.2. The summed E-state index contributed by atoms with van der Waals surface area (Å²) in [6, 6.07) is 2.51. The summed E-state index contributed by atoms with van der Waals surface area (Å²) in [5.41, 5.74) is -0.00867. The van der Waals surface area contributed by atoms with Gasteiger partial charge in [0.1, 0.15) is 11.6 Å². The lowest BCUT2D eigenvalue weighted by Crippen LogP contribution is -2.03. The van der Waals surface area contributed by atoms with Gasteiger partial charge in [-0.1, -0.05) is 0 Å². The molecule has 0 unspecified atom stereocenters. The molecule has 1 aromatic rings. The third kappa shape index (κ3) is 3.28. The summed E-state index contributed by atoms with van der Waals surface area (Å²) in [6.45, 7) is 2.40. The van der Waals surface area contributed by atoms with E-state index in [0.29, 0.717) is 23.1 Å². The zero-order valence-electron chi connectivity index (χ0n) is 8.13. The van der Waals surface area contributed by atoms with Crippen LogP contribution in [0.2, 0.25) is 0 Å². The highest BCUT2D eigenvalue weighted by Gasteiger charge is 2.08. The highest BCUT2D eigenvalue weighted by Crippen LogP contribution is 2.27. The Labute approximate surface area is 95.3 Å². The van der Waals surface area contributed by atoms with Crippen LogP contribution in [0.4, 0.5) is 4.39 Å². The number of benzene rings is 1. The number of carbonyl (C=O) groups is 1. The Balaban J connectivity index is 2.80. The van der Waals surface area contributed by atoms with Gasteiger partial charge in [0.2, 0.25) is 0 Å². The summed E-state index contributed by atoms with van der Waals surface area (Å²) in [5, 5.41) is 0. The molecule has 0 saturated heterocycles. The molecule has 0 N–H and O–H groups in total. The SMILES string of the molecule is CCOCOc1cc(F)c(C=O)cc1Br. The van der Waals surface area contributed by atoms with Crippen LogP contribution in [0, 0.1) is 5.82 Å². The van der Waals surface area contributed by atoms with Crippen LogP contribution in [-0.2, 0) is 4.74 Å². The Morgan fingerprint density at radius 3 is 2.87 bits per heavy atom. The maximum Gasteiger partial charge on any atom is 0.189 e. The van der Waals surface area contributed by atoms with Gasteiger partial charge in [-0.05, 0) is 28.9 Å². The van der Waals surface area contributed by atoms with E-state index in [1.807, 2.05) is 6.92 Å². The van der Waals surface area contributed by atoms with Crippen LogP contribution in [0.5, 0.6) is 5.75 Å². The Kier molecular flexibility index (Phi) is 4.71. The van der Waals surface area contributed by atoms with E-state index in [-0.39, 0.29) is 12.4 Å². The van der Waals surface area contributed by atoms with E-state index in [9.17, 15) is 9.18 Å². The molecule has 0 radical (unpaired) electrons. The molecule has 0 spiro atoms. The van der Waals surface area contributed by atoms with E-state index >= 15 is 0 Å². The maximum absolute atomic E-state index is 13.2. The second kappa shape index (κ2) is 5.82. The second-order valence-corrected chi connectivity index (χ2v) is 3.53. The largest absolute Gasteiger partial charge is 0.466 e. The number of ether oxygens (including phenoxy) is 2. The molecule has 0 aromatic heterocycles. The van der Waals surface area contributed by atoms with E-state index in [1.165, 1.54) is 6.07 Å². The lowest BCUT2D eigenvalue weighted by Gasteiger charge is -2.08. The van der Waals surface area contributed by atoms with Crippen LogP contribution >= 0.6 is 15.9 Å². The summed E-state index contributed by atoms with van der Waals surface area (Å²) >= 11 is 3.17. The quantitative estimate of drug-likeness (QED) is 0.471. The molecule has 0 bridgehead atoms. The molecule has 0 heterocycles. The van der Waals surface area contributed by atoms with Crippen molar-refractivity contribution in [3.05, 3.63) is 28.0 Å². The van der Waals surface area contributed by atoms with Crippen LogP contribution in [0.1, 0.15) is 17.3 Å². The summed E-state index contributed by atoms with van der Waals surface area (Å²) in [7, 11) is 0. The fourth-order valence-electron chi connectivity index (χ4n) is 0.933. The van der Waals surface area contributed by atoms with E-state index in [4.69, 9.17) is 9.47 Å². The molecule has 0 fully saturated rings. The minimum absolute atomic E-state index is 0.00867. The first kappa shape index (κ1) is 12.1. The first-order valence-corrected chi connectivity index (χ1v) is 5.13. The van der Waals surface area contributed by atoms with Crippen molar-refractivity contribution < 1.29 is 18.7 Å². The van der Waals surface area contributed by atoms with E-state index < -0.39 is 5.82 Å². The Hall–Kier alpha value is -0.940. The van der Waals surface area contributed by atoms with Gasteiger partial charge in [0.25, 0.3) is 0 Å². The monoisotopic (exact) mass is 276 g/mol. The summed E-state index contributed by atoms with van der Waals surface area (Å²) in [5.74, 6) is -0.300. The lowest BCUT2D eigenvalue weighted by molar-refractivity contribution is 0.0218. The van der Waals surface area contributed by atoms with Crippen molar-refractivity contribution in [3.63, 3.8) is 0 Å². The predicted molar refractivity (Wildman–Crippen MR) is 56.6 cm³/mol. The molecule has 0 amide bonds. The Morgan fingerprint density at radius 1 is 1.53 bits per heavy atom. The summed E-state index contributed by atoms with van der Waals surface area (Å²) < 4.78 is 23.8. The number of hydrogen-bond donors (Lipinski definition) is 0. The first-order valence-electron chi connectivity index (χ1n) is 4.33.